The lowest BCUT2D eigenvalue weighted by atomic mass is 10.7. The third-order valence-electron chi connectivity index (χ3n) is 0.831. The van der Waals surface area contributed by atoms with Gasteiger partial charge in [0.05, 0.1) is 0 Å². The molecule has 0 saturated heterocycles. The van der Waals surface area contributed by atoms with E-state index in [1.165, 1.54) is 11.2 Å². The zero-order valence-electron chi connectivity index (χ0n) is 5.76. The summed E-state index contributed by atoms with van der Waals surface area (Å²) in [5.74, 6) is 0.410. The summed E-state index contributed by atoms with van der Waals surface area (Å²) < 4.78 is 0. The van der Waals surface area contributed by atoms with Crippen molar-refractivity contribution in [3.8, 4) is 0 Å². The predicted molar refractivity (Wildman–Crippen MR) is 39.9 cm³/mol. The zero-order valence-corrected chi connectivity index (χ0v) is 5.76. The SMILES string of the molecule is C=C/C=N\N(C)C(C)=N. The normalized spacial score (nSPS) is 9.56. The second-order valence-electron chi connectivity index (χ2n) is 1.61. The summed E-state index contributed by atoms with van der Waals surface area (Å²) in [5.41, 5.74) is 0. The fourth-order valence-corrected chi connectivity index (χ4v) is 0.234. The highest BCUT2D eigenvalue weighted by molar-refractivity contribution is 5.78. The number of hydrogen-bond acceptors (Lipinski definition) is 2. The molecule has 50 valence electrons. The van der Waals surface area contributed by atoms with Crippen molar-refractivity contribution in [3.05, 3.63) is 12.7 Å². The van der Waals surface area contributed by atoms with Crippen LogP contribution in [0.1, 0.15) is 6.92 Å². The van der Waals surface area contributed by atoms with Crippen molar-refractivity contribution in [2.24, 2.45) is 5.10 Å². The van der Waals surface area contributed by atoms with Crippen LogP contribution in [0.4, 0.5) is 0 Å². The molecule has 9 heavy (non-hydrogen) atoms. The third-order valence-corrected chi connectivity index (χ3v) is 0.831. The van der Waals surface area contributed by atoms with Crippen LogP contribution in [0.5, 0.6) is 0 Å². The molecule has 0 saturated carbocycles. The van der Waals surface area contributed by atoms with E-state index in [-0.39, 0.29) is 0 Å². The first-order chi connectivity index (χ1) is 4.18. The van der Waals surface area contributed by atoms with Crippen LogP contribution in [-0.2, 0) is 0 Å². The van der Waals surface area contributed by atoms with E-state index in [0.29, 0.717) is 5.84 Å². The summed E-state index contributed by atoms with van der Waals surface area (Å²) in [6.07, 6.45) is 3.11. The van der Waals surface area contributed by atoms with Gasteiger partial charge < -0.3 is 0 Å². The van der Waals surface area contributed by atoms with Gasteiger partial charge in [0.2, 0.25) is 0 Å². The van der Waals surface area contributed by atoms with Gasteiger partial charge in [-0.25, -0.2) is 0 Å². The summed E-state index contributed by atoms with van der Waals surface area (Å²) in [4.78, 5) is 0. The maximum atomic E-state index is 7.06. The molecule has 0 fully saturated rings. The molecule has 0 aromatic carbocycles. The quantitative estimate of drug-likeness (QED) is 0.335. The molecule has 0 aliphatic rings. The van der Waals surface area contributed by atoms with Crippen molar-refractivity contribution in [2.75, 3.05) is 7.05 Å². The van der Waals surface area contributed by atoms with Crippen molar-refractivity contribution in [3.63, 3.8) is 0 Å². The van der Waals surface area contributed by atoms with Gasteiger partial charge >= 0.3 is 0 Å². The van der Waals surface area contributed by atoms with Gasteiger partial charge in [0.25, 0.3) is 0 Å². The Hall–Kier alpha value is -1.12. The third kappa shape index (κ3) is 3.46. The average molecular weight is 125 g/mol. The van der Waals surface area contributed by atoms with Crippen LogP contribution in [0.3, 0.4) is 0 Å². The smallest absolute Gasteiger partial charge is 0.113 e. The molecule has 0 amide bonds. The minimum Gasteiger partial charge on any atom is -0.287 e. The molecule has 0 aliphatic carbocycles. The van der Waals surface area contributed by atoms with Crippen molar-refractivity contribution < 1.29 is 0 Å². The van der Waals surface area contributed by atoms with Crippen LogP contribution in [0.2, 0.25) is 0 Å². The Balaban J connectivity index is 3.75. The van der Waals surface area contributed by atoms with Crippen molar-refractivity contribution >= 4 is 12.1 Å². The summed E-state index contributed by atoms with van der Waals surface area (Å²) in [7, 11) is 1.71. The Morgan fingerprint density at radius 2 is 2.33 bits per heavy atom. The maximum Gasteiger partial charge on any atom is 0.113 e. The molecule has 0 radical (unpaired) electrons. The fraction of sp³-hybridized carbons (Fsp3) is 0.333. The number of nitrogens with zero attached hydrogens (tertiary/aromatic N) is 2. The first kappa shape index (κ1) is 7.88. The van der Waals surface area contributed by atoms with E-state index in [1.807, 2.05) is 0 Å². The minimum atomic E-state index is 0.410. The highest BCUT2D eigenvalue weighted by atomic mass is 15.4. The molecule has 0 aliphatic heterocycles. The van der Waals surface area contributed by atoms with Crippen molar-refractivity contribution in [1.82, 2.24) is 5.01 Å². The molecular weight excluding hydrogens is 114 g/mol. The summed E-state index contributed by atoms with van der Waals surface area (Å²) >= 11 is 0. The minimum absolute atomic E-state index is 0.410. The molecule has 0 bridgehead atoms. The van der Waals surface area contributed by atoms with Gasteiger partial charge in [-0.1, -0.05) is 6.58 Å². The molecule has 3 nitrogen and oxygen atoms in total. The van der Waals surface area contributed by atoms with Crippen LogP contribution < -0.4 is 0 Å². The fourth-order valence-electron chi connectivity index (χ4n) is 0.234. The highest BCUT2D eigenvalue weighted by Gasteiger charge is 1.88. The Labute approximate surface area is 55.2 Å². The summed E-state index contributed by atoms with van der Waals surface area (Å²) in [6, 6.07) is 0. The van der Waals surface area contributed by atoms with Crippen molar-refractivity contribution in [1.29, 1.82) is 5.41 Å². The second kappa shape index (κ2) is 3.83. The van der Waals surface area contributed by atoms with E-state index in [2.05, 4.69) is 11.7 Å². The lowest BCUT2D eigenvalue weighted by Gasteiger charge is -2.07. The molecule has 3 heteroatoms. The molecule has 0 spiro atoms. The molecule has 0 aromatic rings. The van der Waals surface area contributed by atoms with E-state index in [9.17, 15) is 0 Å². The van der Waals surface area contributed by atoms with Gasteiger partial charge in [-0.2, -0.15) is 5.10 Å². The van der Waals surface area contributed by atoms with Crippen LogP contribution >= 0.6 is 0 Å². The van der Waals surface area contributed by atoms with Gasteiger partial charge in [0.1, 0.15) is 5.84 Å². The van der Waals surface area contributed by atoms with Crippen LogP contribution in [0, 0.1) is 5.41 Å². The van der Waals surface area contributed by atoms with E-state index < -0.39 is 0 Å². The topological polar surface area (TPSA) is 39.5 Å². The Morgan fingerprint density at radius 3 is 2.67 bits per heavy atom. The molecule has 1 N–H and O–H groups in total. The van der Waals surface area contributed by atoms with Gasteiger partial charge in [0, 0.05) is 13.3 Å². The Kier molecular flexibility index (Phi) is 3.35. The average Bonchev–Trinajstić information content (AvgIpc) is 1.82. The molecular formula is C6H11N3. The van der Waals surface area contributed by atoms with Gasteiger partial charge in [-0.05, 0) is 13.0 Å². The summed E-state index contributed by atoms with van der Waals surface area (Å²) in [5, 5.41) is 12.3. The molecule has 0 rings (SSSR count). The maximum absolute atomic E-state index is 7.06. The monoisotopic (exact) mass is 125 g/mol. The molecule has 0 aromatic heterocycles. The van der Waals surface area contributed by atoms with Gasteiger partial charge in [0.15, 0.2) is 0 Å². The molecule has 0 unspecified atom stereocenters. The van der Waals surface area contributed by atoms with E-state index >= 15 is 0 Å². The number of amidine groups is 1. The van der Waals surface area contributed by atoms with Crippen LogP contribution in [0.25, 0.3) is 0 Å². The van der Waals surface area contributed by atoms with E-state index in [1.54, 1.807) is 20.0 Å². The number of rotatable bonds is 2. The van der Waals surface area contributed by atoms with Gasteiger partial charge in [-0.3, -0.25) is 10.4 Å². The van der Waals surface area contributed by atoms with Crippen molar-refractivity contribution in [2.45, 2.75) is 6.92 Å². The van der Waals surface area contributed by atoms with Crippen LogP contribution in [0.15, 0.2) is 17.8 Å². The van der Waals surface area contributed by atoms with E-state index in [0.717, 1.165) is 0 Å². The molecule has 0 atom stereocenters. The number of nitrogens with one attached hydrogen (secondary N) is 1. The second-order valence-corrected chi connectivity index (χ2v) is 1.61. The van der Waals surface area contributed by atoms with E-state index in [4.69, 9.17) is 5.41 Å². The predicted octanol–water partition coefficient (Wildman–Crippen LogP) is 1.09. The first-order valence-electron chi connectivity index (χ1n) is 2.62. The number of hydrazone groups is 1. The zero-order chi connectivity index (χ0) is 7.28. The largest absolute Gasteiger partial charge is 0.287 e. The Bertz CT molecular complexity index is 137. The van der Waals surface area contributed by atoms with Crippen LogP contribution in [-0.4, -0.2) is 24.1 Å². The standard InChI is InChI=1S/C6H11N3/c1-4-5-8-9(3)6(2)7/h4-5,7H,1H2,2-3H3/b7-6?,8-5-. The summed E-state index contributed by atoms with van der Waals surface area (Å²) in [6.45, 7) is 5.11. The Morgan fingerprint density at radius 1 is 1.78 bits per heavy atom. The molecule has 0 heterocycles. The number of allylic oxidation sites excluding steroid dienone is 1. The van der Waals surface area contributed by atoms with Gasteiger partial charge in [-0.15, -0.1) is 0 Å². The number of hydrogen-bond donors (Lipinski definition) is 1. The first-order valence-corrected chi connectivity index (χ1v) is 2.62. The lowest BCUT2D eigenvalue weighted by Crippen LogP contribution is -2.15. The highest BCUT2D eigenvalue weighted by Crippen LogP contribution is 1.81. The lowest BCUT2D eigenvalue weighted by molar-refractivity contribution is 0.540.